The molecule has 4 N–H and O–H groups in total. The van der Waals surface area contributed by atoms with Crippen LogP contribution in [0.5, 0.6) is 0 Å². The number of phosphoric ester groups is 1. The van der Waals surface area contributed by atoms with Crippen molar-refractivity contribution in [1.29, 1.82) is 0 Å². The van der Waals surface area contributed by atoms with E-state index in [2.05, 4.69) is 41.8 Å². The van der Waals surface area contributed by atoms with Gasteiger partial charge >= 0.3 is 25.7 Å². The summed E-state index contributed by atoms with van der Waals surface area (Å²) in [5.74, 6) is -2.54. The van der Waals surface area contributed by atoms with Crippen LogP contribution in [0.3, 0.4) is 0 Å². The Morgan fingerprint density at radius 2 is 1.38 bits per heavy atom. The van der Waals surface area contributed by atoms with Gasteiger partial charge in [-0.05, 0) is 38.5 Å². The Bertz CT molecular complexity index is 869. The summed E-state index contributed by atoms with van der Waals surface area (Å²) in [7, 11) is -4.70. The topological polar surface area (TPSA) is 172 Å². The molecule has 0 aliphatic heterocycles. The van der Waals surface area contributed by atoms with Crippen molar-refractivity contribution in [2.24, 2.45) is 5.73 Å². The second kappa shape index (κ2) is 23.3. The largest absolute Gasteiger partial charge is 0.480 e. The van der Waals surface area contributed by atoms with E-state index in [1.165, 1.54) is 0 Å². The minimum absolute atomic E-state index is 0.0370. The number of carboxylic acids is 1. The molecule has 0 rings (SSSR count). The molecule has 11 nitrogen and oxygen atoms in total. The number of allylic oxidation sites excluding steroid dienone is 8. The van der Waals surface area contributed by atoms with Gasteiger partial charge < -0.3 is 25.2 Å². The Kier molecular flexibility index (Phi) is 21.8. The van der Waals surface area contributed by atoms with Crippen molar-refractivity contribution in [2.75, 3.05) is 19.8 Å². The van der Waals surface area contributed by atoms with Crippen LogP contribution in [0.25, 0.3) is 0 Å². The van der Waals surface area contributed by atoms with Crippen molar-refractivity contribution < 1.29 is 47.5 Å². The first-order valence-corrected chi connectivity index (χ1v) is 14.7. The zero-order valence-corrected chi connectivity index (χ0v) is 23.8. The van der Waals surface area contributed by atoms with Gasteiger partial charge in [-0.1, -0.05) is 68.9 Å². The van der Waals surface area contributed by atoms with Crippen LogP contribution in [-0.2, 0) is 37.5 Å². The quantitative estimate of drug-likeness (QED) is 0.0874. The normalized spacial score (nSPS) is 15.2. The molecular formula is C27H44NO10P. The predicted molar refractivity (Wildman–Crippen MR) is 148 cm³/mol. The smallest absolute Gasteiger partial charge is 0.472 e. The second-order valence-corrected chi connectivity index (χ2v) is 9.90. The van der Waals surface area contributed by atoms with Crippen LogP contribution in [0.2, 0.25) is 0 Å². The van der Waals surface area contributed by atoms with Gasteiger partial charge in [0.1, 0.15) is 12.6 Å². The van der Waals surface area contributed by atoms with E-state index in [1.807, 2.05) is 25.2 Å². The van der Waals surface area contributed by atoms with Crippen LogP contribution in [0.15, 0.2) is 48.6 Å². The average Bonchev–Trinajstić information content (AvgIpc) is 2.90. The summed E-state index contributed by atoms with van der Waals surface area (Å²) in [6, 6.07) is -1.53. The van der Waals surface area contributed by atoms with E-state index in [0.717, 1.165) is 32.1 Å². The minimum atomic E-state index is -4.70. The lowest BCUT2D eigenvalue weighted by Crippen LogP contribution is -2.34. The number of phosphoric acid groups is 1. The van der Waals surface area contributed by atoms with Gasteiger partial charge in [0.05, 0.1) is 13.2 Å². The standard InChI is InChI=1S/C27H44NO10P/c1-3-5-7-8-9-10-11-12-13-14-15-16-17-19-26(30)38-23(20-35-25(29)18-6-4-2)21-36-39(33,34)37-22-24(28)27(31)32/h5,7,9-10,12-13,15-16,23-24H,3-4,6,8,11,14,17-22,28H2,1-2H3,(H,31,32)(H,33,34)/b7-5-,10-9-,13-12-,16-15-. The fraction of sp³-hybridized carbons (Fsp3) is 0.593. The lowest BCUT2D eigenvalue weighted by atomic mass is 10.2. The molecule has 222 valence electrons. The highest BCUT2D eigenvalue weighted by atomic mass is 31.2. The molecule has 0 radical (unpaired) electrons. The highest BCUT2D eigenvalue weighted by Gasteiger charge is 2.28. The third-order valence-electron chi connectivity index (χ3n) is 4.85. The van der Waals surface area contributed by atoms with Crippen molar-refractivity contribution in [3.8, 4) is 0 Å². The van der Waals surface area contributed by atoms with E-state index in [9.17, 15) is 23.8 Å². The van der Waals surface area contributed by atoms with Gasteiger partial charge in [-0.3, -0.25) is 23.4 Å². The number of esters is 2. The first-order valence-electron chi connectivity index (χ1n) is 13.2. The minimum Gasteiger partial charge on any atom is -0.480 e. The third-order valence-corrected chi connectivity index (χ3v) is 5.81. The molecule has 0 aromatic heterocycles. The van der Waals surface area contributed by atoms with Gasteiger partial charge in [-0.25, -0.2) is 4.57 Å². The molecule has 0 aromatic carbocycles. The van der Waals surface area contributed by atoms with Crippen molar-refractivity contribution >= 4 is 25.7 Å². The molecule has 0 spiro atoms. The van der Waals surface area contributed by atoms with Gasteiger partial charge in [-0.2, -0.15) is 0 Å². The summed E-state index contributed by atoms with van der Waals surface area (Å²) >= 11 is 0. The average molecular weight is 574 g/mol. The van der Waals surface area contributed by atoms with E-state index in [-0.39, 0.29) is 19.4 Å². The number of ether oxygens (including phenoxy) is 2. The Labute approximate surface area is 231 Å². The molecule has 0 fully saturated rings. The van der Waals surface area contributed by atoms with Crippen LogP contribution in [-0.4, -0.2) is 59.9 Å². The Hall–Kier alpha value is -2.56. The SMILES string of the molecule is CC/C=C\C/C=C\C/C=C\C/C=C\CCC(=O)OC(COC(=O)CCCC)COP(=O)(O)OCC(N)C(=O)O. The molecule has 0 heterocycles. The summed E-state index contributed by atoms with van der Waals surface area (Å²) in [6.45, 7) is 2.24. The van der Waals surface area contributed by atoms with Crippen molar-refractivity contribution in [3.05, 3.63) is 48.6 Å². The molecule has 12 heteroatoms. The molecular weight excluding hydrogens is 529 g/mol. The number of rotatable bonds is 23. The Morgan fingerprint density at radius 3 is 1.95 bits per heavy atom. The number of aliphatic carboxylic acids is 1. The van der Waals surface area contributed by atoms with Crippen LogP contribution < -0.4 is 5.73 Å². The van der Waals surface area contributed by atoms with E-state index < -0.39 is 51.1 Å². The number of hydrogen-bond acceptors (Lipinski definition) is 9. The summed E-state index contributed by atoms with van der Waals surface area (Å²) in [5, 5.41) is 8.74. The van der Waals surface area contributed by atoms with Crippen LogP contribution in [0, 0.1) is 0 Å². The van der Waals surface area contributed by atoms with Crippen molar-refractivity contribution in [3.63, 3.8) is 0 Å². The molecule has 3 atom stereocenters. The van der Waals surface area contributed by atoms with Crippen molar-refractivity contribution in [1.82, 2.24) is 0 Å². The van der Waals surface area contributed by atoms with Crippen LogP contribution >= 0.6 is 7.82 Å². The molecule has 0 saturated heterocycles. The monoisotopic (exact) mass is 573 g/mol. The molecule has 0 aromatic rings. The maximum Gasteiger partial charge on any atom is 0.472 e. The van der Waals surface area contributed by atoms with Gasteiger partial charge in [0.2, 0.25) is 0 Å². The first-order chi connectivity index (χ1) is 18.6. The lowest BCUT2D eigenvalue weighted by molar-refractivity contribution is -0.161. The van der Waals surface area contributed by atoms with E-state index >= 15 is 0 Å². The third kappa shape index (κ3) is 23.1. The molecule has 0 saturated carbocycles. The van der Waals surface area contributed by atoms with E-state index in [4.69, 9.17) is 24.8 Å². The van der Waals surface area contributed by atoms with Crippen LogP contribution in [0.4, 0.5) is 0 Å². The van der Waals surface area contributed by atoms with Gasteiger partial charge in [0.25, 0.3) is 0 Å². The lowest BCUT2D eigenvalue weighted by Gasteiger charge is -2.20. The number of carbonyl (C=O) groups excluding carboxylic acids is 2. The number of hydrogen-bond donors (Lipinski definition) is 3. The summed E-state index contributed by atoms with van der Waals surface area (Å²) < 4.78 is 31.7. The number of unbranched alkanes of at least 4 members (excludes halogenated alkanes) is 1. The molecule has 0 aliphatic rings. The zero-order valence-electron chi connectivity index (χ0n) is 22.9. The van der Waals surface area contributed by atoms with Crippen molar-refractivity contribution in [2.45, 2.75) is 83.8 Å². The molecule has 0 aliphatic carbocycles. The van der Waals surface area contributed by atoms with Gasteiger partial charge in [-0.15, -0.1) is 0 Å². The highest BCUT2D eigenvalue weighted by Crippen LogP contribution is 2.43. The Balaban J connectivity index is 4.60. The predicted octanol–water partition coefficient (Wildman–Crippen LogP) is 4.76. The molecule has 39 heavy (non-hydrogen) atoms. The van der Waals surface area contributed by atoms with E-state index in [1.54, 1.807) is 0 Å². The first kappa shape index (κ1) is 36.4. The molecule has 0 bridgehead atoms. The highest BCUT2D eigenvalue weighted by molar-refractivity contribution is 7.47. The second-order valence-electron chi connectivity index (χ2n) is 8.44. The maximum absolute atomic E-state index is 12.3. The van der Waals surface area contributed by atoms with Gasteiger partial charge in [0.15, 0.2) is 6.10 Å². The van der Waals surface area contributed by atoms with E-state index in [0.29, 0.717) is 12.8 Å². The maximum atomic E-state index is 12.3. The number of nitrogens with two attached hydrogens (primary N) is 1. The zero-order chi connectivity index (χ0) is 29.4. The van der Waals surface area contributed by atoms with Crippen LogP contribution in [0.1, 0.15) is 71.6 Å². The van der Waals surface area contributed by atoms with Gasteiger partial charge in [0, 0.05) is 12.8 Å². The summed E-state index contributed by atoms with van der Waals surface area (Å²) in [6.07, 6.45) is 20.7. The summed E-state index contributed by atoms with van der Waals surface area (Å²) in [4.78, 5) is 44.6. The number of carboxylic acid groups (broad SMARTS) is 1. The molecule has 0 amide bonds. The fourth-order valence-electron chi connectivity index (χ4n) is 2.70. The Morgan fingerprint density at radius 1 is 0.821 bits per heavy atom. The fourth-order valence-corrected chi connectivity index (χ4v) is 3.48. The molecule has 3 unspecified atom stereocenters. The summed E-state index contributed by atoms with van der Waals surface area (Å²) in [5.41, 5.74) is 5.24. The number of carbonyl (C=O) groups is 3.